The zero-order valence-corrected chi connectivity index (χ0v) is 8.65. The third-order valence-electron chi connectivity index (χ3n) is 1.95. The number of carbonyl (C=O) groups is 2. The Labute approximate surface area is 91.1 Å². The number of alkyl halides is 1. The number of rotatable bonds is 3. The summed E-state index contributed by atoms with van der Waals surface area (Å²) in [5, 5.41) is 15.6. The largest absolute Gasteiger partial charge is 0.478 e. The Balaban J connectivity index is 3.37. The number of carboxylic acids is 1. The summed E-state index contributed by atoms with van der Waals surface area (Å²) in [6, 6.07) is 5.78. The normalized spacial score (nSPS) is 14.3. The maximum Gasteiger partial charge on any atom is 0.356 e. The van der Waals surface area contributed by atoms with E-state index < -0.39 is 11.0 Å². The maximum absolute atomic E-state index is 11.2. The highest BCUT2D eigenvalue weighted by atomic mass is 35.5. The van der Waals surface area contributed by atoms with E-state index in [0.29, 0.717) is 0 Å². The van der Waals surface area contributed by atoms with Crippen LogP contribution < -0.4 is 0 Å². The van der Waals surface area contributed by atoms with Gasteiger partial charge in [-0.05, 0) is 6.92 Å². The molecule has 5 heteroatoms. The fourth-order valence-electron chi connectivity index (χ4n) is 1.19. The van der Waals surface area contributed by atoms with Gasteiger partial charge in [0.05, 0.1) is 0 Å². The topological polar surface area (TPSA) is 74.6 Å². The van der Waals surface area contributed by atoms with Gasteiger partial charge in [-0.15, -0.1) is 0 Å². The van der Waals surface area contributed by atoms with Crippen LogP contribution in [0.4, 0.5) is 0 Å². The smallest absolute Gasteiger partial charge is 0.356 e. The Kier molecular flexibility index (Phi) is 3.12. The molecule has 0 saturated heterocycles. The third-order valence-corrected chi connectivity index (χ3v) is 2.31. The molecule has 4 nitrogen and oxygen atoms in total. The fourth-order valence-corrected chi connectivity index (χ4v) is 1.36. The van der Waals surface area contributed by atoms with E-state index in [1.165, 1.54) is 25.1 Å². The number of hydrogen-bond acceptors (Lipinski definition) is 3. The summed E-state index contributed by atoms with van der Waals surface area (Å²) in [4.78, 5) is 21.9. The first-order chi connectivity index (χ1) is 6.87. The van der Waals surface area contributed by atoms with E-state index in [-0.39, 0.29) is 16.9 Å². The number of aliphatic carboxylic acids is 1. The van der Waals surface area contributed by atoms with Gasteiger partial charge >= 0.3 is 5.97 Å². The van der Waals surface area contributed by atoms with Crippen molar-refractivity contribution in [3.05, 3.63) is 35.4 Å². The van der Waals surface area contributed by atoms with Crippen LogP contribution in [-0.4, -0.2) is 22.0 Å². The lowest BCUT2D eigenvalue weighted by Gasteiger charge is -2.18. The second kappa shape index (κ2) is 4.00. The van der Waals surface area contributed by atoms with Crippen LogP contribution in [0, 0.1) is 0 Å². The van der Waals surface area contributed by atoms with Gasteiger partial charge in [-0.1, -0.05) is 35.9 Å². The molecule has 1 unspecified atom stereocenters. The van der Waals surface area contributed by atoms with Gasteiger partial charge in [-0.25, -0.2) is 4.79 Å². The molecule has 0 bridgehead atoms. The van der Waals surface area contributed by atoms with Crippen molar-refractivity contribution < 1.29 is 19.8 Å². The van der Waals surface area contributed by atoms with Crippen molar-refractivity contribution in [2.75, 3.05) is 0 Å². The van der Waals surface area contributed by atoms with Gasteiger partial charge in [-0.2, -0.15) is 0 Å². The lowest BCUT2D eigenvalue weighted by Crippen LogP contribution is -2.30. The van der Waals surface area contributed by atoms with Crippen LogP contribution in [0.25, 0.3) is 0 Å². The number of benzene rings is 1. The summed E-state index contributed by atoms with van der Waals surface area (Å²) < 4.78 is 0. The Morgan fingerprint density at radius 3 is 2.33 bits per heavy atom. The predicted octanol–water partition coefficient (Wildman–Crippen LogP) is 1.36. The highest BCUT2D eigenvalue weighted by Crippen LogP contribution is 2.29. The molecular formula is C10H9ClO4. The van der Waals surface area contributed by atoms with Gasteiger partial charge in [0.25, 0.3) is 5.06 Å². The average Bonchev–Trinajstić information content (AvgIpc) is 2.17. The fraction of sp³-hybridized carbons (Fsp3) is 0.200. The molecule has 0 aromatic heterocycles. The van der Waals surface area contributed by atoms with E-state index in [2.05, 4.69) is 0 Å². The molecule has 0 saturated carbocycles. The standard InChI is InChI=1S/C10H9ClO4/c1-6(12)7-4-2-3-5-8(7)10(11,15)9(13)14/h2-5,15H,1H3,(H,13,14). The SMILES string of the molecule is CC(=O)c1ccccc1C(O)(Cl)C(=O)O. The lowest BCUT2D eigenvalue weighted by molar-refractivity contribution is -0.150. The maximum atomic E-state index is 11.2. The van der Waals surface area contributed by atoms with E-state index in [1.807, 2.05) is 0 Å². The van der Waals surface area contributed by atoms with Gasteiger partial charge in [0.2, 0.25) is 0 Å². The minimum atomic E-state index is -2.57. The molecule has 0 spiro atoms. The highest BCUT2D eigenvalue weighted by Gasteiger charge is 2.38. The Morgan fingerprint density at radius 2 is 1.87 bits per heavy atom. The van der Waals surface area contributed by atoms with Gasteiger partial charge in [0, 0.05) is 11.1 Å². The number of aliphatic hydroxyl groups is 1. The van der Waals surface area contributed by atoms with Crippen LogP contribution in [0.15, 0.2) is 24.3 Å². The highest BCUT2D eigenvalue weighted by molar-refractivity contribution is 6.32. The van der Waals surface area contributed by atoms with E-state index in [1.54, 1.807) is 6.07 Å². The predicted molar refractivity (Wildman–Crippen MR) is 53.8 cm³/mol. The first-order valence-electron chi connectivity index (χ1n) is 4.12. The number of carboxylic acid groups (broad SMARTS) is 1. The third kappa shape index (κ3) is 2.16. The van der Waals surface area contributed by atoms with Gasteiger partial charge in [-0.3, -0.25) is 4.79 Å². The quantitative estimate of drug-likeness (QED) is 0.605. The summed E-state index contributed by atoms with van der Waals surface area (Å²) in [6.45, 7) is 1.27. The molecule has 0 amide bonds. The first kappa shape index (κ1) is 11.7. The van der Waals surface area contributed by atoms with Crippen molar-refractivity contribution in [3.8, 4) is 0 Å². The Hall–Kier alpha value is -1.39. The van der Waals surface area contributed by atoms with Crippen LogP contribution in [0.5, 0.6) is 0 Å². The molecule has 80 valence electrons. The minimum Gasteiger partial charge on any atom is -0.478 e. The molecule has 0 fully saturated rings. The molecule has 1 aromatic rings. The van der Waals surface area contributed by atoms with E-state index in [9.17, 15) is 14.7 Å². The van der Waals surface area contributed by atoms with Crippen molar-refractivity contribution in [1.29, 1.82) is 0 Å². The Morgan fingerprint density at radius 1 is 1.33 bits per heavy atom. The van der Waals surface area contributed by atoms with Crippen LogP contribution in [0.1, 0.15) is 22.8 Å². The number of ketones is 1. The van der Waals surface area contributed by atoms with Crippen LogP contribution in [-0.2, 0) is 9.85 Å². The molecular weight excluding hydrogens is 220 g/mol. The molecule has 0 heterocycles. The molecule has 0 aliphatic carbocycles. The van der Waals surface area contributed by atoms with Crippen LogP contribution in [0.3, 0.4) is 0 Å². The average molecular weight is 229 g/mol. The van der Waals surface area contributed by atoms with Gasteiger partial charge in [0.15, 0.2) is 5.78 Å². The molecule has 1 rings (SSSR count). The van der Waals surface area contributed by atoms with Gasteiger partial charge in [0.1, 0.15) is 0 Å². The molecule has 2 N–H and O–H groups in total. The van der Waals surface area contributed by atoms with E-state index in [0.717, 1.165) is 0 Å². The molecule has 0 aliphatic heterocycles. The van der Waals surface area contributed by atoms with Crippen molar-refractivity contribution in [2.45, 2.75) is 12.0 Å². The second-order valence-electron chi connectivity index (χ2n) is 3.03. The summed E-state index contributed by atoms with van der Waals surface area (Å²) in [7, 11) is 0. The van der Waals surface area contributed by atoms with Crippen molar-refractivity contribution >= 4 is 23.4 Å². The second-order valence-corrected chi connectivity index (χ2v) is 3.58. The van der Waals surface area contributed by atoms with Crippen molar-refractivity contribution in [3.63, 3.8) is 0 Å². The minimum absolute atomic E-state index is 0.0948. The number of halogens is 1. The number of carbonyl (C=O) groups excluding carboxylic acids is 1. The summed E-state index contributed by atoms with van der Waals surface area (Å²) in [5.41, 5.74) is -0.0240. The zero-order chi connectivity index (χ0) is 11.6. The Bertz CT molecular complexity index is 412. The van der Waals surface area contributed by atoms with E-state index >= 15 is 0 Å². The summed E-state index contributed by atoms with van der Waals surface area (Å²) in [6.07, 6.45) is 0. The molecule has 1 aromatic carbocycles. The molecule has 1 atom stereocenters. The van der Waals surface area contributed by atoms with Gasteiger partial charge < -0.3 is 10.2 Å². The molecule has 0 aliphatic rings. The van der Waals surface area contributed by atoms with Crippen LogP contribution >= 0.6 is 11.6 Å². The number of hydrogen-bond donors (Lipinski definition) is 2. The monoisotopic (exact) mass is 228 g/mol. The first-order valence-corrected chi connectivity index (χ1v) is 4.50. The molecule has 15 heavy (non-hydrogen) atoms. The summed E-state index contributed by atoms with van der Waals surface area (Å²) >= 11 is 5.45. The van der Waals surface area contributed by atoms with Crippen LogP contribution in [0.2, 0.25) is 0 Å². The lowest BCUT2D eigenvalue weighted by atomic mass is 9.99. The zero-order valence-electron chi connectivity index (χ0n) is 7.90. The molecule has 0 radical (unpaired) electrons. The summed E-state index contributed by atoms with van der Waals surface area (Å²) in [5.74, 6) is -1.97. The van der Waals surface area contributed by atoms with Crippen molar-refractivity contribution in [1.82, 2.24) is 0 Å². The van der Waals surface area contributed by atoms with E-state index in [4.69, 9.17) is 16.7 Å². The number of Topliss-reactive ketones (excluding diaryl/α,β-unsaturated/α-hetero) is 1. The van der Waals surface area contributed by atoms with Crippen molar-refractivity contribution in [2.24, 2.45) is 0 Å².